The number of aromatic amines is 1. The van der Waals surface area contributed by atoms with Crippen LogP contribution in [0, 0.1) is 6.92 Å². The van der Waals surface area contributed by atoms with Crippen LogP contribution < -0.4 is 5.32 Å². The van der Waals surface area contributed by atoms with Gasteiger partial charge in [-0.05, 0) is 25.7 Å². The monoisotopic (exact) mass is 305 g/mol. The highest BCUT2D eigenvalue weighted by atomic mass is 32.2. The van der Waals surface area contributed by atoms with E-state index in [0.717, 1.165) is 23.4 Å². The molecular weight excluding hydrogens is 282 g/mol. The molecule has 2 aromatic rings. The van der Waals surface area contributed by atoms with E-state index in [-0.39, 0.29) is 17.9 Å². The molecule has 0 spiro atoms. The van der Waals surface area contributed by atoms with Crippen LogP contribution in [0.4, 0.5) is 0 Å². The van der Waals surface area contributed by atoms with E-state index < -0.39 is 0 Å². The number of hydrogen-bond donors (Lipinski definition) is 3. The zero-order chi connectivity index (χ0) is 15.2. The van der Waals surface area contributed by atoms with Crippen molar-refractivity contribution < 1.29 is 5.11 Å². The van der Waals surface area contributed by atoms with Crippen LogP contribution in [0.2, 0.25) is 0 Å². The van der Waals surface area contributed by atoms with Gasteiger partial charge in [0.15, 0.2) is 0 Å². The summed E-state index contributed by atoms with van der Waals surface area (Å²) in [5, 5.41) is 20.3. The minimum Gasteiger partial charge on any atom is -0.395 e. The SMILES string of the molecule is CSC(CO)C(C)NCc1cn[nH]c1-c1ccc(C)cc1. The Morgan fingerprint density at radius 3 is 2.67 bits per heavy atom. The number of benzene rings is 1. The van der Waals surface area contributed by atoms with Crippen LogP contribution in [-0.4, -0.2) is 39.5 Å². The van der Waals surface area contributed by atoms with E-state index >= 15 is 0 Å². The first-order valence-corrected chi connectivity index (χ1v) is 8.40. The number of aliphatic hydroxyl groups excluding tert-OH is 1. The maximum absolute atomic E-state index is 9.33. The van der Waals surface area contributed by atoms with E-state index in [0.29, 0.717) is 0 Å². The van der Waals surface area contributed by atoms with E-state index in [4.69, 9.17) is 0 Å². The van der Waals surface area contributed by atoms with Crippen LogP contribution in [0.1, 0.15) is 18.1 Å². The maximum Gasteiger partial charge on any atom is 0.0695 e. The number of aryl methyl sites for hydroxylation is 1. The fourth-order valence-electron chi connectivity index (χ4n) is 2.25. The smallest absolute Gasteiger partial charge is 0.0695 e. The Balaban J connectivity index is 2.05. The molecule has 2 atom stereocenters. The average molecular weight is 305 g/mol. The molecule has 0 fully saturated rings. The lowest BCUT2D eigenvalue weighted by molar-refractivity contribution is 0.276. The molecule has 0 aliphatic rings. The predicted octanol–water partition coefficient (Wildman–Crippen LogP) is 2.59. The fraction of sp³-hybridized carbons (Fsp3) is 0.438. The van der Waals surface area contributed by atoms with Crippen molar-refractivity contribution in [2.45, 2.75) is 31.7 Å². The van der Waals surface area contributed by atoms with Gasteiger partial charge in [0.05, 0.1) is 18.5 Å². The van der Waals surface area contributed by atoms with Gasteiger partial charge < -0.3 is 10.4 Å². The van der Waals surface area contributed by atoms with Gasteiger partial charge >= 0.3 is 0 Å². The highest BCUT2D eigenvalue weighted by Gasteiger charge is 2.15. The summed E-state index contributed by atoms with van der Waals surface area (Å²) in [5.74, 6) is 0. The molecule has 0 saturated carbocycles. The molecule has 0 radical (unpaired) electrons. The molecule has 0 saturated heterocycles. The van der Waals surface area contributed by atoms with E-state index in [1.807, 2.05) is 12.5 Å². The molecule has 0 aliphatic heterocycles. The number of nitrogens with zero attached hydrogens (tertiary/aromatic N) is 1. The van der Waals surface area contributed by atoms with Gasteiger partial charge in [-0.15, -0.1) is 0 Å². The highest BCUT2D eigenvalue weighted by molar-refractivity contribution is 7.99. The number of aromatic nitrogens is 2. The third-order valence-corrected chi connectivity index (χ3v) is 4.88. The number of rotatable bonds is 7. The molecule has 1 heterocycles. The van der Waals surface area contributed by atoms with Crippen molar-refractivity contribution in [1.82, 2.24) is 15.5 Å². The standard InChI is InChI=1S/C16H23N3OS/c1-11-4-6-13(7-5-11)16-14(9-18-19-16)8-17-12(2)15(10-20)21-3/h4-7,9,12,15,17,20H,8,10H2,1-3H3,(H,18,19). The Morgan fingerprint density at radius 2 is 2.05 bits per heavy atom. The number of nitrogens with one attached hydrogen (secondary N) is 2. The van der Waals surface area contributed by atoms with Crippen molar-refractivity contribution in [1.29, 1.82) is 0 Å². The predicted molar refractivity (Wildman–Crippen MR) is 89.5 cm³/mol. The third kappa shape index (κ3) is 4.09. The van der Waals surface area contributed by atoms with Gasteiger partial charge in [-0.25, -0.2) is 0 Å². The molecule has 21 heavy (non-hydrogen) atoms. The molecule has 5 heteroatoms. The normalized spacial score (nSPS) is 14.1. The second kappa shape index (κ2) is 7.64. The Labute approximate surface area is 130 Å². The largest absolute Gasteiger partial charge is 0.395 e. The van der Waals surface area contributed by atoms with Crippen molar-refractivity contribution in [3.8, 4) is 11.3 Å². The molecule has 1 aromatic carbocycles. The second-order valence-corrected chi connectivity index (χ2v) is 6.34. The average Bonchev–Trinajstić information content (AvgIpc) is 2.95. The lowest BCUT2D eigenvalue weighted by atomic mass is 10.1. The number of H-pyrrole nitrogens is 1. The molecule has 114 valence electrons. The summed E-state index contributed by atoms with van der Waals surface area (Å²) >= 11 is 1.68. The van der Waals surface area contributed by atoms with Crippen molar-refractivity contribution in [3.63, 3.8) is 0 Å². The first kappa shape index (κ1) is 16.1. The van der Waals surface area contributed by atoms with Gasteiger partial charge in [-0.1, -0.05) is 29.8 Å². The van der Waals surface area contributed by atoms with Crippen LogP contribution >= 0.6 is 11.8 Å². The number of hydrogen-bond acceptors (Lipinski definition) is 4. The molecule has 0 bridgehead atoms. The zero-order valence-electron chi connectivity index (χ0n) is 12.8. The molecule has 0 amide bonds. The first-order valence-electron chi connectivity index (χ1n) is 7.12. The Bertz CT molecular complexity index is 549. The van der Waals surface area contributed by atoms with Gasteiger partial charge in [0.25, 0.3) is 0 Å². The van der Waals surface area contributed by atoms with Gasteiger partial charge in [0.2, 0.25) is 0 Å². The maximum atomic E-state index is 9.33. The fourth-order valence-corrected chi connectivity index (χ4v) is 2.91. The molecule has 4 nitrogen and oxygen atoms in total. The van der Waals surface area contributed by atoms with Gasteiger partial charge in [0.1, 0.15) is 0 Å². The molecule has 2 unspecified atom stereocenters. The highest BCUT2D eigenvalue weighted by Crippen LogP contribution is 2.21. The Morgan fingerprint density at radius 1 is 1.33 bits per heavy atom. The van der Waals surface area contributed by atoms with E-state index in [1.54, 1.807) is 11.8 Å². The van der Waals surface area contributed by atoms with Gasteiger partial charge in [-0.3, -0.25) is 5.10 Å². The molecule has 3 N–H and O–H groups in total. The van der Waals surface area contributed by atoms with Crippen molar-refractivity contribution >= 4 is 11.8 Å². The summed E-state index contributed by atoms with van der Waals surface area (Å²) in [4.78, 5) is 0. The first-order chi connectivity index (χ1) is 10.2. The molecule has 2 rings (SSSR count). The van der Waals surface area contributed by atoms with Gasteiger partial charge in [0, 0.05) is 23.4 Å². The Kier molecular flexibility index (Phi) is 5.85. The quantitative estimate of drug-likeness (QED) is 0.736. The minimum atomic E-state index is 0.186. The van der Waals surface area contributed by atoms with E-state index in [9.17, 15) is 5.11 Å². The molecule has 1 aromatic heterocycles. The third-order valence-electron chi connectivity index (χ3n) is 3.71. The van der Waals surface area contributed by atoms with Crippen LogP contribution in [0.5, 0.6) is 0 Å². The van der Waals surface area contributed by atoms with Crippen molar-refractivity contribution in [3.05, 3.63) is 41.6 Å². The van der Waals surface area contributed by atoms with E-state index in [1.165, 1.54) is 5.56 Å². The molecule has 0 aliphatic carbocycles. The number of thioether (sulfide) groups is 1. The van der Waals surface area contributed by atoms with Gasteiger partial charge in [-0.2, -0.15) is 16.9 Å². The second-order valence-electron chi connectivity index (χ2n) is 5.26. The van der Waals surface area contributed by atoms with E-state index in [2.05, 4.69) is 53.6 Å². The zero-order valence-corrected chi connectivity index (χ0v) is 13.6. The van der Waals surface area contributed by atoms with Crippen LogP contribution in [-0.2, 0) is 6.54 Å². The van der Waals surface area contributed by atoms with Crippen LogP contribution in [0.25, 0.3) is 11.3 Å². The lowest BCUT2D eigenvalue weighted by Crippen LogP contribution is -2.37. The van der Waals surface area contributed by atoms with Crippen molar-refractivity contribution in [2.75, 3.05) is 12.9 Å². The van der Waals surface area contributed by atoms with Crippen LogP contribution in [0.15, 0.2) is 30.5 Å². The summed E-state index contributed by atoms with van der Waals surface area (Å²) in [5.41, 5.74) is 4.59. The minimum absolute atomic E-state index is 0.186. The Hall–Kier alpha value is -1.30. The number of aliphatic hydroxyl groups is 1. The summed E-state index contributed by atoms with van der Waals surface area (Å²) < 4.78 is 0. The van der Waals surface area contributed by atoms with Crippen molar-refractivity contribution in [2.24, 2.45) is 0 Å². The lowest BCUT2D eigenvalue weighted by Gasteiger charge is -2.21. The summed E-state index contributed by atoms with van der Waals surface area (Å²) in [6.45, 7) is 5.10. The van der Waals surface area contributed by atoms with Crippen LogP contribution in [0.3, 0.4) is 0 Å². The molecular formula is C16H23N3OS. The summed E-state index contributed by atoms with van der Waals surface area (Å²) in [7, 11) is 0. The summed E-state index contributed by atoms with van der Waals surface area (Å²) in [6.07, 6.45) is 3.89. The topological polar surface area (TPSA) is 60.9 Å². The summed E-state index contributed by atoms with van der Waals surface area (Å²) in [6, 6.07) is 8.66.